The molecule has 0 unspecified atom stereocenters. The highest BCUT2D eigenvalue weighted by atomic mass is 16.6. The molecule has 0 saturated carbocycles. The van der Waals surface area contributed by atoms with Gasteiger partial charge in [0.15, 0.2) is 11.5 Å². The van der Waals surface area contributed by atoms with Gasteiger partial charge >= 0.3 is 12.1 Å². The van der Waals surface area contributed by atoms with Crippen molar-refractivity contribution in [2.75, 3.05) is 26.9 Å². The smallest absolute Gasteiger partial charge is 0.411 e. The molecule has 1 fully saturated rings. The molecule has 0 aromatic heterocycles. The number of benzene rings is 1. The number of likely N-dealkylation sites (tertiary alicyclic amines) is 1. The standard InChI is InChI=1S/C21H30N2O6/c1-21(2,3)29-20(25)23-13-15(6-7-16(23)19(24)26-4)22-12-14-5-8-17-18(11-14)28-10-9-27-17/h5,8,11,15-16,22H,6-7,9-10,12-13H2,1-4H3/t15-,16+/m1/s1. The molecular formula is C21H30N2O6. The zero-order valence-electron chi connectivity index (χ0n) is 17.5. The van der Waals surface area contributed by atoms with Crippen molar-refractivity contribution < 1.29 is 28.5 Å². The molecule has 1 saturated heterocycles. The van der Waals surface area contributed by atoms with Crippen molar-refractivity contribution in [2.45, 2.75) is 57.8 Å². The third kappa shape index (κ3) is 5.53. The number of piperidine rings is 1. The number of amides is 1. The maximum absolute atomic E-state index is 12.7. The minimum absolute atomic E-state index is 0.0385. The van der Waals surface area contributed by atoms with Gasteiger partial charge in [-0.1, -0.05) is 6.07 Å². The second kappa shape index (κ2) is 8.90. The minimum Gasteiger partial charge on any atom is -0.486 e. The monoisotopic (exact) mass is 406 g/mol. The summed E-state index contributed by atoms with van der Waals surface area (Å²) in [5, 5.41) is 3.47. The number of fused-ring (bicyclic) bond motifs is 1. The van der Waals surface area contributed by atoms with E-state index in [-0.39, 0.29) is 6.04 Å². The summed E-state index contributed by atoms with van der Waals surface area (Å²) in [6.07, 6.45) is 0.771. The molecule has 2 aliphatic heterocycles. The molecule has 1 N–H and O–H groups in total. The van der Waals surface area contributed by atoms with Gasteiger partial charge in [0.25, 0.3) is 0 Å². The summed E-state index contributed by atoms with van der Waals surface area (Å²) < 4.78 is 21.6. The molecule has 1 aromatic carbocycles. The van der Waals surface area contributed by atoms with E-state index in [1.165, 1.54) is 12.0 Å². The Hall–Kier alpha value is -2.48. The van der Waals surface area contributed by atoms with Crippen LogP contribution in [0.4, 0.5) is 4.79 Å². The van der Waals surface area contributed by atoms with Gasteiger partial charge in [-0.05, 0) is 51.3 Å². The van der Waals surface area contributed by atoms with Gasteiger partial charge in [-0.25, -0.2) is 9.59 Å². The predicted molar refractivity (Wildman–Crippen MR) is 106 cm³/mol. The summed E-state index contributed by atoms with van der Waals surface area (Å²) >= 11 is 0. The van der Waals surface area contributed by atoms with Gasteiger partial charge in [-0.2, -0.15) is 0 Å². The van der Waals surface area contributed by atoms with Crippen molar-refractivity contribution in [3.05, 3.63) is 23.8 Å². The first-order valence-corrected chi connectivity index (χ1v) is 9.96. The fourth-order valence-electron chi connectivity index (χ4n) is 3.50. The summed E-state index contributed by atoms with van der Waals surface area (Å²) in [5.74, 6) is 1.09. The van der Waals surface area contributed by atoms with Crippen LogP contribution < -0.4 is 14.8 Å². The van der Waals surface area contributed by atoms with Crippen LogP contribution in [0.25, 0.3) is 0 Å². The van der Waals surface area contributed by atoms with E-state index < -0.39 is 23.7 Å². The van der Waals surface area contributed by atoms with Crippen molar-refractivity contribution in [1.29, 1.82) is 0 Å². The Balaban J connectivity index is 1.63. The van der Waals surface area contributed by atoms with Crippen LogP contribution in [0.1, 0.15) is 39.2 Å². The maximum atomic E-state index is 12.7. The van der Waals surface area contributed by atoms with Crippen molar-refractivity contribution in [3.63, 3.8) is 0 Å². The molecular weight excluding hydrogens is 376 g/mol. The van der Waals surface area contributed by atoms with E-state index in [9.17, 15) is 9.59 Å². The molecule has 2 atom stereocenters. The molecule has 0 spiro atoms. The molecule has 1 aromatic rings. The largest absolute Gasteiger partial charge is 0.486 e. The lowest BCUT2D eigenvalue weighted by Crippen LogP contribution is -2.56. The molecule has 29 heavy (non-hydrogen) atoms. The van der Waals surface area contributed by atoms with E-state index in [1.807, 2.05) is 18.2 Å². The summed E-state index contributed by atoms with van der Waals surface area (Å²) in [7, 11) is 1.34. The Kier molecular flexibility index (Phi) is 6.52. The van der Waals surface area contributed by atoms with E-state index in [4.69, 9.17) is 18.9 Å². The lowest BCUT2D eigenvalue weighted by atomic mass is 9.98. The number of carbonyl (C=O) groups excluding carboxylic acids is 2. The number of hydrogen-bond acceptors (Lipinski definition) is 7. The molecule has 8 heteroatoms. The Bertz CT molecular complexity index is 745. The van der Waals surface area contributed by atoms with Gasteiger partial charge in [-0.15, -0.1) is 0 Å². The molecule has 1 amide bonds. The Morgan fingerprint density at radius 2 is 1.90 bits per heavy atom. The van der Waals surface area contributed by atoms with Gasteiger partial charge < -0.3 is 24.3 Å². The lowest BCUT2D eigenvalue weighted by molar-refractivity contribution is -0.148. The minimum atomic E-state index is -0.636. The predicted octanol–water partition coefficient (Wildman–Crippen LogP) is 2.49. The first-order chi connectivity index (χ1) is 13.8. The van der Waals surface area contributed by atoms with Crippen molar-refractivity contribution in [2.24, 2.45) is 0 Å². The number of nitrogens with one attached hydrogen (secondary N) is 1. The Morgan fingerprint density at radius 3 is 2.59 bits per heavy atom. The topological polar surface area (TPSA) is 86.3 Å². The van der Waals surface area contributed by atoms with Crippen LogP contribution >= 0.6 is 0 Å². The van der Waals surface area contributed by atoms with Crippen molar-refractivity contribution >= 4 is 12.1 Å². The second-order valence-corrected chi connectivity index (χ2v) is 8.30. The molecule has 160 valence electrons. The van der Waals surface area contributed by atoms with E-state index in [1.54, 1.807) is 20.8 Å². The highest BCUT2D eigenvalue weighted by Gasteiger charge is 2.38. The summed E-state index contributed by atoms with van der Waals surface area (Å²) in [4.78, 5) is 26.3. The van der Waals surface area contributed by atoms with Crippen molar-refractivity contribution in [3.8, 4) is 11.5 Å². The molecule has 2 heterocycles. The SMILES string of the molecule is COC(=O)[C@@H]1CC[C@@H](NCc2ccc3c(c2)OCCO3)CN1C(=O)OC(C)(C)C. The Labute approximate surface area is 171 Å². The fourth-order valence-corrected chi connectivity index (χ4v) is 3.50. The number of methoxy groups -OCH3 is 1. The summed E-state index contributed by atoms with van der Waals surface area (Å²) in [6, 6.07) is 5.28. The molecule has 2 aliphatic rings. The van der Waals surface area contributed by atoms with Crippen LogP contribution in [0.2, 0.25) is 0 Å². The highest BCUT2D eigenvalue weighted by Crippen LogP contribution is 2.31. The van der Waals surface area contributed by atoms with Gasteiger partial charge in [0.2, 0.25) is 0 Å². The van der Waals surface area contributed by atoms with E-state index in [2.05, 4.69) is 5.32 Å². The fraction of sp³-hybridized carbons (Fsp3) is 0.619. The first-order valence-electron chi connectivity index (χ1n) is 9.96. The van der Waals surface area contributed by atoms with E-state index in [0.717, 1.165) is 23.5 Å². The first kappa shape index (κ1) is 21.2. The Morgan fingerprint density at radius 1 is 1.17 bits per heavy atom. The van der Waals surface area contributed by atoms with Gasteiger partial charge in [-0.3, -0.25) is 4.90 Å². The molecule has 3 rings (SSSR count). The maximum Gasteiger partial charge on any atom is 0.411 e. The third-order valence-corrected chi connectivity index (χ3v) is 4.88. The van der Waals surface area contributed by atoms with Crippen LogP contribution in [-0.4, -0.2) is 61.5 Å². The number of rotatable bonds is 4. The third-order valence-electron chi connectivity index (χ3n) is 4.88. The number of nitrogens with zero attached hydrogens (tertiary/aromatic N) is 1. The number of ether oxygens (including phenoxy) is 4. The summed E-state index contributed by atoms with van der Waals surface area (Å²) in [5.41, 5.74) is 0.428. The number of carbonyl (C=O) groups is 2. The number of esters is 1. The number of hydrogen-bond donors (Lipinski definition) is 1. The van der Waals surface area contributed by atoms with Crippen molar-refractivity contribution in [1.82, 2.24) is 10.2 Å². The molecule has 0 bridgehead atoms. The normalized spacial score (nSPS) is 21.4. The summed E-state index contributed by atoms with van der Waals surface area (Å²) in [6.45, 7) is 7.52. The van der Waals surface area contributed by atoms with Gasteiger partial charge in [0.1, 0.15) is 24.9 Å². The van der Waals surface area contributed by atoms with Crippen LogP contribution in [-0.2, 0) is 20.8 Å². The average molecular weight is 406 g/mol. The average Bonchev–Trinajstić information content (AvgIpc) is 2.70. The van der Waals surface area contributed by atoms with Gasteiger partial charge in [0.05, 0.1) is 7.11 Å². The highest BCUT2D eigenvalue weighted by molar-refractivity contribution is 5.81. The quantitative estimate of drug-likeness (QED) is 0.769. The van der Waals surface area contributed by atoms with E-state index in [0.29, 0.717) is 32.7 Å². The zero-order valence-corrected chi connectivity index (χ0v) is 17.5. The van der Waals surface area contributed by atoms with Gasteiger partial charge in [0, 0.05) is 19.1 Å². The zero-order chi connectivity index (χ0) is 21.0. The molecule has 0 aliphatic carbocycles. The molecule has 0 radical (unpaired) electrons. The van der Waals surface area contributed by atoms with Crippen LogP contribution in [0.5, 0.6) is 11.5 Å². The van der Waals surface area contributed by atoms with Crippen LogP contribution in [0.15, 0.2) is 18.2 Å². The second-order valence-electron chi connectivity index (χ2n) is 8.30. The van der Waals surface area contributed by atoms with Crippen LogP contribution in [0.3, 0.4) is 0 Å². The lowest BCUT2D eigenvalue weighted by Gasteiger charge is -2.39. The van der Waals surface area contributed by atoms with Crippen LogP contribution in [0, 0.1) is 0 Å². The molecule has 8 nitrogen and oxygen atoms in total. The van der Waals surface area contributed by atoms with E-state index >= 15 is 0 Å².